The van der Waals surface area contributed by atoms with Crippen LogP contribution in [-0.2, 0) is 13.2 Å². The van der Waals surface area contributed by atoms with Crippen LogP contribution in [0.25, 0.3) is 0 Å². The molecular weight excluding hydrogens is 400 g/mol. The molecule has 174 valence electrons. The van der Waals surface area contributed by atoms with E-state index in [1.165, 1.54) is 38.5 Å². The summed E-state index contributed by atoms with van der Waals surface area (Å²) in [6, 6.07) is 8.08. The van der Waals surface area contributed by atoms with Crippen molar-refractivity contribution in [3.63, 3.8) is 0 Å². The number of aliphatic hydroxyl groups excluding tert-OH is 2. The maximum absolute atomic E-state index is 10.8. The van der Waals surface area contributed by atoms with E-state index >= 15 is 0 Å². The van der Waals surface area contributed by atoms with E-state index in [0.29, 0.717) is 23.0 Å². The lowest BCUT2D eigenvalue weighted by Gasteiger charge is -2.27. The number of hydrogen-bond acceptors (Lipinski definition) is 4. The summed E-state index contributed by atoms with van der Waals surface area (Å²) in [7, 11) is 0. The zero-order valence-corrected chi connectivity index (χ0v) is 19.3. The molecule has 4 nitrogen and oxygen atoms in total. The molecule has 0 radical (unpaired) electrons. The second-order valence-electron chi connectivity index (χ2n) is 9.94. The van der Waals surface area contributed by atoms with Crippen molar-refractivity contribution in [2.45, 2.75) is 102 Å². The molecule has 0 saturated heterocycles. The maximum Gasteiger partial charge on any atom is 0.124 e. The molecule has 2 aromatic carbocycles. The van der Waals surface area contributed by atoms with Crippen molar-refractivity contribution in [1.29, 1.82) is 0 Å². The lowest BCUT2D eigenvalue weighted by atomic mass is 9.79. The monoisotopic (exact) mass is 438 g/mol. The van der Waals surface area contributed by atoms with Gasteiger partial charge in [-0.3, -0.25) is 0 Å². The minimum absolute atomic E-state index is 0.0245. The van der Waals surface area contributed by atoms with Crippen molar-refractivity contribution in [2.75, 3.05) is 0 Å². The number of hydrogen-bond donors (Lipinski definition) is 4. The Morgan fingerprint density at radius 1 is 0.656 bits per heavy atom. The van der Waals surface area contributed by atoms with E-state index in [0.717, 1.165) is 47.9 Å². The molecule has 32 heavy (non-hydrogen) atoms. The van der Waals surface area contributed by atoms with Crippen LogP contribution in [0.3, 0.4) is 0 Å². The Labute approximate surface area is 191 Å². The van der Waals surface area contributed by atoms with Gasteiger partial charge < -0.3 is 20.4 Å². The first-order chi connectivity index (χ1) is 15.5. The highest BCUT2D eigenvalue weighted by atomic mass is 16.3. The first-order valence-electron chi connectivity index (χ1n) is 12.5. The van der Waals surface area contributed by atoms with Crippen LogP contribution < -0.4 is 0 Å². The molecule has 2 aliphatic carbocycles. The quantitative estimate of drug-likeness (QED) is 0.425. The Hall–Kier alpha value is -2.04. The van der Waals surface area contributed by atoms with Crippen molar-refractivity contribution in [3.05, 3.63) is 57.6 Å². The first kappa shape index (κ1) is 23.1. The topological polar surface area (TPSA) is 80.9 Å². The smallest absolute Gasteiger partial charge is 0.124 e. The SMILES string of the molecule is CC(c1cc(CO)c(O)c(C2CCCCC2)c1)c1cc(CO)c(O)c(C2CCCCC2)c1. The predicted octanol–water partition coefficient (Wildman–Crippen LogP) is 6.33. The van der Waals surface area contributed by atoms with Crippen LogP contribution in [-0.4, -0.2) is 20.4 Å². The Kier molecular flexibility index (Phi) is 7.42. The molecule has 0 spiro atoms. The van der Waals surface area contributed by atoms with Crippen LogP contribution in [0.2, 0.25) is 0 Å². The van der Waals surface area contributed by atoms with Crippen LogP contribution in [0.5, 0.6) is 11.5 Å². The predicted molar refractivity (Wildman–Crippen MR) is 127 cm³/mol. The van der Waals surface area contributed by atoms with Gasteiger partial charge in [0.1, 0.15) is 11.5 Å². The van der Waals surface area contributed by atoms with Gasteiger partial charge in [0, 0.05) is 17.0 Å². The van der Waals surface area contributed by atoms with Crippen LogP contribution >= 0.6 is 0 Å². The van der Waals surface area contributed by atoms with Crippen molar-refractivity contribution in [1.82, 2.24) is 0 Å². The summed E-state index contributed by atoms with van der Waals surface area (Å²) < 4.78 is 0. The van der Waals surface area contributed by atoms with E-state index < -0.39 is 0 Å². The van der Waals surface area contributed by atoms with Gasteiger partial charge in [-0.2, -0.15) is 0 Å². The Bertz CT molecular complexity index is 848. The van der Waals surface area contributed by atoms with E-state index in [2.05, 4.69) is 19.1 Å². The normalized spacial score (nSPS) is 18.4. The Balaban J connectivity index is 1.74. The third-order valence-corrected chi connectivity index (χ3v) is 7.91. The summed E-state index contributed by atoms with van der Waals surface area (Å²) in [4.78, 5) is 0. The highest BCUT2D eigenvalue weighted by Crippen LogP contribution is 2.43. The van der Waals surface area contributed by atoms with E-state index in [-0.39, 0.29) is 30.6 Å². The second kappa shape index (κ2) is 10.3. The molecule has 0 aromatic heterocycles. The Morgan fingerprint density at radius 3 is 1.38 bits per heavy atom. The van der Waals surface area contributed by atoms with Crippen LogP contribution in [0.15, 0.2) is 24.3 Å². The number of rotatable bonds is 6. The third-order valence-electron chi connectivity index (χ3n) is 7.91. The van der Waals surface area contributed by atoms with Gasteiger partial charge in [-0.05, 0) is 71.9 Å². The molecule has 4 heteroatoms. The summed E-state index contributed by atoms with van der Waals surface area (Å²) in [5, 5.41) is 41.5. The fraction of sp³-hybridized carbons (Fsp3) is 0.571. The Morgan fingerprint density at radius 2 is 1.03 bits per heavy atom. The fourth-order valence-corrected chi connectivity index (χ4v) is 5.87. The zero-order chi connectivity index (χ0) is 22.7. The summed E-state index contributed by atoms with van der Waals surface area (Å²) >= 11 is 0. The largest absolute Gasteiger partial charge is 0.507 e. The third kappa shape index (κ3) is 4.67. The van der Waals surface area contributed by atoms with E-state index in [4.69, 9.17) is 0 Å². The molecular formula is C28H38O4. The van der Waals surface area contributed by atoms with E-state index in [1.807, 2.05) is 12.1 Å². The average Bonchev–Trinajstić information content (AvgIpc) is 2.85. The van der Waals surface area contributed by atoms with Crippen molar-refractivity contribution in [2.24, 2.45) is 0 Å². The standard InChI is InChI=1S/C28H38O4/c1-18(21-12-23(16-29)27(31)25(14-21)19-8-4-2-5-9-19)22-13-24(17-30)28(32)26(15-22)20-10-6-3-7-11-20/h12-15,18-20,29-32H,2-11,16-17H2,1H3. The molecule has 0 bridgehead atoms. The minimum Gasteiger partial charge on any atom is -0.507 e. The molecule has 2 saturated carbocycles. The van der Waals surface area contributed by atoms with Gasteiger partial charge in [0.15, 0.2) is 0 Å². The molecule has 4 N–H and O–H groups in total. The van der Waals surface area contributed by atoms with Gasteiger partial charge in [0.2, 0.25) is 0 Å². The van der Waals surface area contributed by atoms with Gasteiger partial charge in [-0.25, -0.2) is 0 Å². The fourth-order valence-electron chi connectivity index (χ4n) is 5.87. The van der Waals surface area contributed by atoms with Gasteiger partial charge in [-0.1, -0.05) is 57.6 Å². The van der Waals surface area contributed by atoms with E-state index in [1.54, 1.807) is 0 Å². The molecule has 4 rings (SSSR count). The lowest BCUT2D eigenvalue weighted by Crippen LogP contribution is -2.09. The minimum atomic E-state index is -0.184. The summed E-state index contributed by atoms with van der Waals surface area (Å²) in [6.45, 7) is 1.77. The van der Waals surface area contributed by atoms with Crippen molar-refractivity contribution in [3.8, 4) is 11.5 Å². The number of benzene rings is 2. The maximum atomic E-state index is 10.8. The van der Waals surface area contributed by atoms with Gasteiger partial charge in [0.05, 0.1) is 13.2 Å². The van der Waals surface area contributed by atoms with Crippen LogP contribution in [0.1, 0.15) is 122 Å². The van der Waals surface area contributed by atoms with E-state index in [9.17, 15) is 20.4 Å². The van der Waals surface area contributed by atoms with Crippen LogP contribution in [0.4, 0.5) is 0 Å². The van der Waals surface area contributed by atoms with Gasteiger partial charge >= 0.3 is 0 Å². The van der Waals surface area contributed by atoms with Crippen molar-refractivity contribution >= 4 is 0 Å². The zero-order valence-electron chi connectivity index (χ0n) is 19.3. The van der Waals surface area contributed by atoms with Gasteiger partial charge in [-0.15, -0.1) is 0 Å². The van der Waals surface area contributed by atoms with Crippen LogP contribution in [0, 0.1) is 0 Å². The number of aromatic hydroxyl groups is 2. The van der Waals surface area contributed by atoms with Gasteiger partial charge in [0.25, 0.3) is 0 Å². The molecule has 2 fully saturated rings. The molecule has 0 amide bonds. The second-order valence-corrected chi connectivity index (χ2v) is 9.94. The molecule has 0 atom stereocenters. The molecule has 0 unspecified atom stereocenters. The average molecular weight is 439 g/mol. The molecule has 2 aliphatic rings. The number of phenols is 2. The highest BCUT2D eigenvalue weighted by molar-refractivity contribution is 5.51. The molecule has 0 heterocycles. The highest BCUT2D eigenvalue weighted by Gasteiger charge is 2.25. The summed E-state index contributed by atoms with van der Waals surface area (Å²) in [5.74, 6) is 1.20. The summed E-state index contributed by atoms with van der Waals surface area (Å²) in [5.41, 5.74) is 5.24. The first-order valence-corrected chi connectivity index (χ1v) is 12.5. The summed E-state index contributed by atoms with van der Waals surface area (Å²) in [6.07, 6.45) is 11.5. The molecule has 0 aliphatic heterocycles. The number of aliphatic hydroxyl groups is 2. The lowest BCUT2D eigenvalue weighted by molar-refractivity contribution is 0.274. The molecule has 2 aromatic rings. The van der Waals surface area contributed by atoms with Crippen molar-refractivity contribution < 1.29 is 20.4 Å².